The van der Waals surface area contributed by atoms with Crippen molar-refractivity contribution in [3.8, 4) is 0 Å². The molecule has 0 aromatic carbocycles. The van der Waals surface area contributed by atoms with Gasteiger partial charge in [0.2, 0.25) is 0 Å². The van der Waals surface area contributed by atoms with Crippen LogP contribution in [0.2, 0.25) is 0 Å². The fourth-order valence-electron chi connectivity index (χ4n) is 1.05. The van der Waals surface area contributed by atoms with Crippen LogP contribution in [0.5, 0.6) is 0 Å². The van der Waals surface area contributed by atoms with E-state index in [4.69, 9.17) is 4.42 Å². The van der Waals surface area contributed by atoms with Crippen molar-refractivity contribution < 1.29 is 14.0 Å². The molecule has 1 rings (SSSR count). The van der Waals surface area contributed by atoms with Crippen LogP contribution in [0, 0.1) is 0 Å². The summed E-state index contributed by atoms with van der Waals surface area (Å²) < 4.78 is 5.07. The molecule has 0 spiro atoms. The molecule has 0 radical (unpaired) electrons. The molecule has 0 aliphatic rings. The predicted octanol–water partition coefficient (Wildman–Crippen LogP) is 0.644. The maximum absolute atomic E-state index is 11.3. The largest absolute Gasteiger partial charge is 0.463 e. The summed E-state index contributed by atoms with van der Waals surface area (Å²) >= 11 is 0. The maximum atomic E-state index is 11.3. The Kier molecular flexibility index (Phi) is 4.45. The molecule has 0 aliphatic carbocycles. The van der Waals surface area contributed by atoms with Crippen LogP contribution in [0.25, 0.3) is 0 Å². The van der Waals surface area contributed by atoms with E-state index in [9.17, 15) is 9.59 Å². The van der Waals surface area contributed by atoms with Gasteiger partial charge in [-0.3, -0.25) is 9.59 Å². The minimum atomic E-state index is -0.801. The molecule has 0 atom stereocenters. The monoisotopic (exact) mass is 237 g/mol. The summed E-state index contributed by atoms with van der Waals surface area (Å²) in [5, 5.41) is 6.21. The van der Waals surface area contributed by atoms with Gasteiger partial charge in [-0.05, 0) is 32.9 Å². The van der Waals surface area contributed by atoms with Crippen molar-refractivity contribution in [1.29, 1.82) is 0 Å². The van der Waals surface area contributed by atoms with Gasteiger partial charge in [-0.15, -0.1) is 0 Å². The molecule has 92 valence electrons. The molecule has 0 fully saturated rings. The molecular weight excluding hydrogens is 222 g/mol. The third-order valence-electron chi connectivity index (χ3n) is 1.83. The molecule has 17 heavy (non-hydrogen) atoms. The standard InChI is InChI=1S/C11H15N3O3/c1-7(2)12-10(15)11(16)14-13-8(3)9-5-4-6-17-9/h4-7H,1-3H3,(H,12,15)(H,14,16)/b13-8-. The average Bonchev–Trinajstić information content (AvgIpc) is 2.77. The Labute approximate surface area is 99.1 Å². The number of hydrazone groups is 1. The van der Waals surface area contributed by atoms with Crippen molar-refractivity contribution >= 4 is 17.5 Å². The number of nitrogens with one attached hydrogen (secondary N) is 2. The summed E-state index contributed by atoms with van der Waals surface area (Å²) in [4.78, 5) is 22.5. The van der Waals surface area contributed by atoms with Crippen LogP contribution in [0.1, 0.15) is 26.5 Å². The van der Waals surface area contributed by atoms with Crippen LogP contribution in [0.3, 0.4) is 0 Å². The lowest BCUT2D eigenvalue weighted by atomic mass is 10.3. The molecule has 2 amide bonds. The Morgan fingerprint density at radius 2 is 2.06 bits per heavy atom. The SMILES string of the molecule is C/C(=N/NC(=O)C(=O)NC(C)C)c1ccco1. The van der Waals surface area contributed by atoms with Gasteiger partial charge in [0.15, 0.2) is 0 Å². The number of hydrogen-bond donors (Lipinski definition) is 2. The van der Waals surface area contributed by atoms with Crippen molar-refractivity contribution in [3.05, 3.63) is 24.2 Å². The Morgan fingerprint density at radius 3 is 2.59 bits per heavy atom. The van der Waals surface area contributed by atoms with Crippen LogP contribution < -0.4 is 10.7 Å². The zero-order valence-corrected chi connectivity index (χ0v) is 9.98. The summed E-state index contributed by atoms with van der Waals surface area (Å²) in [6.07, 6.45) is 1.50. The van der Waals surface area contributed by atoms with Crippen LogP contribution in [0.15, 0.2) is 27.9 Å². The van der Waals surface area contributed by atoms with Crippen molar-refractivity contribution in [3.63, 3.8) is 0 Å². The molecule has 0 bridgehead atoms. The molecule has 1 aromatic rings. The summed E-state index contributed by atoms with van der Waals surface area (Å²) in [6.45, 7) is 5.20. The van der Waals surface area contributed by atoms with E-state index < -0.39 is 11.8 Å². The van der Waals surface area contributed by atoms with E-state index >= 15 is 0 Å². The highest BCUT2D eigenvalue weighted by molar-refractivity contribution is 6.35. The minimum absolute atomic E-state index is 0.0941. The first kappa shape index (κ1) is 13.0. The summed E-state index contributed by atoms with van der Waals surface area (Å²) in [5.41, 5.74) is 2.64. The fourth-order valence-corrected chi connectivity index (χ4v) is 1.05. The van der Waals surface area contributed by atoms with E-state index in [-0.39, 0.29) is 6.04 Å². The van der Waals surface area contributed by atoms with Gasteiger partial charge in [0.25, 0.3) is 0 Å². The van der Waals surface area contributed by atoms with Gasteiger partial charge in [0.05, 0.1) is 6.26 Å². The van der Waals surface area contributed by atoms with E-state index in [2.05, 4.69) is 15.8 Å². The van der Waals surface area contributed by atoms with Gasteiger partial charge in [-0.1, -0.05) is 0 Å². The minimum Gasteiger partial charge on any atom is -0.463 e. The molecule has 0 unspecified atom stereocenters. The summed E-state index contributed by atoms with van der Waals surface area (Å²) in [6, 6.07) is 3.32. The second kappa shape index (κ2) is 5.83. The zero-order valence-electron chi connectivity index (χ0n) is 9.98. The predicted molar refractivity (Wildman–Crippen MR) is 62.3 cm³/mol. The molecular formula is C11H15N3O3. The first-order valence-corrected chi connectivity index (χ1v) is 5.19. The lowest BCUT2D eigenvalue weighted by Crippen LogP contribution is -2.41. The number of rotatable bonds is 3. The number of hydrogen-bond acceptors (Lipinski definition) is 4. The molecule has 6 heteroatoms. The number of amides is 2. The maximum Gasteiger partial charge on any atom is 0.329 e. The molecule has 1 aromatic heterocycles. The lowest BCUT2D eigenvalue weighted by molar-refractivity contribution is -0.139. The Balaban J connectivity index is 2.53. The van der Waals surface area contributed by atoms with Crippen molar-refractivity contribution in [2.75, 3.05) is 0 Å². The average molecular weight is 237 g/mol. The quantitative estimate of drug-likeness (QED) is 0.460. The molecule has 1 heterocycles. The van der Waals surface area contributed by atoms with Crippen LogP contribution in [-0.4, -0.2) is 23.6 Å². The Hall–Kier alpha value is -2.11. The van der Waals surface area contributed by atoms with E-state index in [1.807, 2.05) is 0 Å². The molecule has 0 saturated heterocycles. The second-order valence-electron chi connectivity index (χ2n) is 3.74. The van der Waals surface area contributed by atoms with E-state index in [0.717, 1.165) is 0 Å². The Morgan fingerprint density at radius 1 is 1.35 bits per heavy atom. The smallest absolute Gasteiger partial charge is 0.329 e. The third-order valence-corrected chi connectivity index (χ3v) is 1.83. The molecule has 0 saturated carbocycles. The van der Waals surface area contributed by atoms with Crippen LogP contribution >= 0.6 is 0 Å². The third kappa shape index (κ3) is 4.10. The van der Waals surface area contributed by atoms with Gasteiger partial charge < -0.3 is 9.73 Å². The number of carbonyl (C=O) groups excluding carboxylic acids is 2. The van der Waals surface area contributed by atoms with Gasteiger partial charge in [-0.25, -0.2) is 5.43 Å². The molecule has 2 N–H and O–H groups in total. The van der Waals surface area contributed by atoms with Crippen molar-refractivity contribution in [1.82, 2.24) is 10.7 Å². The van der Waals surface area contributed by atoms with Crippen molar-refractivity contribution in [2.24, 2.45) is 5.10 Å². The van der Waals surface area contributed by atoms with Gasteiger partial charge in [0, 0.05) is 6.04 Å². The summed E-state index contributed by atoms with van der Waals surface area (Å²) in [7, 11) is 0. The first-order chi connectivity index (χ1) is 8.00. The van der Waals surface area contributed by atoms with Crippen molar-refractivity contribution in [2.45, 2.75) is 26.8 Å². The molecule has 0 aliphatic heterocycles. The number of carbonyl (C=O) groups is 2. The number of furan rings is 1. The number of nitrogens with zero attached hydrogens (tertiary/aromatic N) is 1. The fraction of sp³-hybridized carbons (Fsp3) is 0.364. The Bertz CT molecular complexity index is 421. The first-order valence-electron chi connectivity index (χ1n) is 5.19. The zero-order chi connectivity index (χ0) is 12.8. The van der Waals surface area contributed by atoms with Gasteiger partial charge in [-0.2, -0.15) is 5.10 Å². The van der Waals surface area contributed by atoms with Gasteiger partial charge in [0.1, 0.15) is 11.5 Å². The highest BCUT2D eigenvalue weighted by Gasteiger charge is 2.13. The van der Waals surface area contributed by atoms with E-state index in [1.54, 1.807) is 32.9 Å². The highest BCUT2D eigenvalue weighted by atomic mass is 16.3. The topological polar surface area (TPSA) is 83.7 Å². The second-order valence-corrected chi connectivity index (χ2v) is 3.74. The van der Waals surface area contributed by atoms with Crippen LogP contribution in [-0.2, 0) is 9.59 Å². The van der Waals surface area contributed by atoms with E-state index in [1.165, 1.54) is 6.26 Å². The van der Waals surface area contributed by atoms with Gasteiger partial charge >= 0.3 is 11.8 Å². The van der Waals surface area contributed by atoms with E-state index in [0.29, 0.717) is 11.5 Å². The summed E-state index contributed by atoms with van der Waals surface area (Å²) in [5.74, 6) is -0.977. The normalized spacial score (nSPS) is 11.4. The highest BCUT2D eigenvalue weighted by Crippen LogP contribution is 2.00. The van der Waals surface area contributed by atoms with Crippen LogP contribution in [0.4, 0.5) is 0 Å². The lowest BCUT2D eigenvalue weighted by Gasteiger charge is -2.06. The molecule has 6 nitrogen and oxygen atoms in total.